The van der Waals surface area contributed by atoms with Crippen molar-refractivity contribution < 1.29 is 4.79 Å². The van der Waals surface area contributed by atoms with Gasteiger partial charge in [0, 0.05) is 25.7 Å². The Balaban J connectivity index is 1.93. The summed E-state index contributed by atoms with van der Waals surface area (Å²) in [5, 5.41) is 7.03. The average molecular weight is 310 g/mol. The Kier molecular flexibility index (Phi) is 5.48. The van der Waals surface area contributed by atoms with Crippen LogP contribution in [0.2, 0.25) is 5.02 Å². The van der Waals surface area contributed by atoms with Crippen molar-refractivity contribution in [3.05, 3.63) is 28.8 Å². The van der Waals surface area contributed by atoms with Gasteiger partial charge in [-0.25, -0.2) is 0 Å². The number of carbonyl (C=O) groups is 1. The highest BCUT2D eigenvalue weighted by atomic mass is 35.5. The van der Waals surface area contributed by atoms with Gasteiger partial charge in [-0.15, -0.1) is 0 Å². The van der Waals surface area contributed by atoms with Gasteiger partial charge in [-0.1, -0.05) is 31.5 Å². The van der Waals surface area contributed by atoms with Gasteiger partial charge in [0.25, 0.3) is 0 Å². The highest BCUT2D eigenvalue weighted by Crippen LogP contribution is 2.26. The zero-order chi connectivity index (χ0) is 15.4. The largest absolute Gasteiger partial charge is 0.364 e. The van der Waals surface area contributed by atoms with Crippen LogP contribution < -0.4 is 15.5 Å². The number of nitrogens with zero attached hydrogens (tertiary/aromatic N) is 1. The monoisotopic (exact) mass is 309 g/mol. The third-order valence-electron chi connectivity index (χ3n) is 3.46. The van der Waals surface area contributed by atoms with Crippen LogP contribution >= 0.6 is 11.6 Å². The minimum absolute atomic E-state index is 0.0571. The fourth-order valence-corrected chi connectivity index (χ4v) is 2.44. The number of hydrogen-bond donors (Lipinski definition) is 2. The summed E-state index contributed by atoms with van der Waals surface area (Å²) in [6, 6.07) is 6.82. The van der Waals surface area contributed by atoms with Crippen molar-refractivity contribution in [2.24, 2.45) is 0 Å². The van der Waals surface area contributed by atoms with Gasteiger partial charge < -0.3 is 15.5 Å². The molecule has 0 aromatic heterocycles. The lowest BCUT2D eigenvalue weighted by Crippen LogP contribution is -2.36. The van der Waals surface area contributed by atoms with Gasteiger partial charge in [0.2, 0.25) is 5.91 Å². The third-order valence-corrected chi connectivity index (χ3v) is 3.76. The van der Waals surface area contributed by atoms with Gasteiger partial charge in [0.05, 0.1) is 17.3 Å². The topological polar surface area (TPSA) is 44.4 Å². The highest BCUT2D eigenvalue weighted by molar-refractivity contribution is 6.33. The van der Waals surface area contributed by atoms with Crippen LogP contribution in [-0.4, -0.2) is 31.6 Å². The summed E-state index contributed by atoms with van der Waals surface area (Å²) in [7, 11) is 1.89. The number of halogens is 1. The van der Waals surface area contributed by atoms with Crippen molar-refractivity contribution in [2.45, 2.75) is 45.3 Å². The molecule has 0 radical (unpaired) electrons. The first kappa shape index (κ1) is 16.1. The first-order valence-electron chi connectivity index (χ1n) is 7.48. The van der Waals surface area contributed by atoms with E-state index in [-0.39, 0.29) is 5.91 Å². The minimum Gasteiger partial charge on any atom is -0.364 e. The summed E-state index contributed by atoms with van der Waals surface area (Å²) in [5.41, 5.74) is 2.03. The number of hydrogen-bond acceptors (Lipinski definition) is 3. The number of likely N-dealkylation sites (N-methyl/N-ethyl adjacent to an activating group) is 1. The molecule has 2 N–H and O–H groups in total. The van der Waals surface area contributed by atoms with E-state index in [0.29, 0.717) is 23.7 Å². The molecule has 116 valence electrons. The lowest BCUT2D eigenvalue weighted by molar-refractivity contribution is -0.119. The summed E-state index contributed by atoms with van der Waals surface area (Å²) in [4.78, 5) is 13.7. The molecule has 0 spiro atoms. The average Bonchev–Trinajstić information content (AvgIpc) is 3.19. The Morgan fingerprint density at radius 3 is 2.71 bits per heavy atom. The summed E-state index contributed by atoms with van der Waals surface area (Å²) in [6.45, 7) is 5.35. The molecule has 1 fully saturated rings. The Hall–Kier alpha value is -1.26. The van der Waals surface area contributed by atoms with E-state index in [2.05, 4.69) is 24.5 Å². The molecule has 0 heterocycles. The fourth-order valence-electron chi connectivity index (χ4n) is 2.09. The van der Waals surface area contributed by atoms with Gasteiger partial charge in [-0.05, 0) is 30.5 Å². The molecule has 1 amide bonds. The molecule has 4 nitrogen and oxygen atoms in total. The van der Waals surface area contributed by atoms with Crippen molar-refractivity contribution in [3.8, 4) is 0 Å². The Morgan fingerprint density at radius 1 is 1.43 bits per heavy atom. The maximum absolute atomic E-state index is 11.8. The van der Waals surface area contributed by atoms with Crippen LogP contribution in [0.15, 0.2) is 18.2 Å². The molecule has 1 aromatic carbocycles. The number of anilines is 1. The van der Waals surface area contributed by atoms with Crippen LogP contribution in [0.4, 0.5) is 5.69 Å². The van der Waals surface area contributed by atoms with Gasteiger partial charge in [0.15, 0.2) is 0 Å². The number of rotatable bonds is 7. The van der Waals surface area contributed by atoms with E-state index in [4.69, 9.17) is 11.6 Å². The molecule has 2 rings (SSSR count). The van der Waals surface area contributed by atoms with Crippen molar-refractivity contribution in [1.29, 1.82) is 0 Å². The van der Waals surface area contributed by atoms with Crippen molar-refractivity contribution >= 4 is 23.2 Å². The third kappa shape index (κ3) is 5.21. The molecule has 0 aliphatic heterocycles. The molecule has 1 saturated carbocycles. The number of amides is 1. The van der Waals surface area contributed by atoms with E-state index in [1.807, 2.05) is 30.1 Å². The highest BCUT2D eigenvalue weighted by Gasteiger charge is 2.23. The van der Waals surface area contributed by atoms with Gasteiger partial charge >= 0.3 is 0 Å². The second kappa shape index (κ2) is 7.14. The lowest BCUT2D eigenvalue weighted by atomic mass is 10.2. The molecular formula is C16H24ClN3O. The number of benzene rings is 1. The quantitative estimate of drug-likeness (QED) is 0.813. The lowest BCUT2D eigenvalue weighted by Gasteiger charge is -2.21. The molecule has 1 aliphatic rings. The van der Waals surface area contributed by atoms with E-state index >= 15 is 0 Å². The maximum atomic E-state index is 11.8. The molecular weight excluding hydrogens is 286 g/mol. The number of nitrogens with one attached hydrogen (secondary N) is 2. The van der Waals surface area contributed by atoms with E-state index < -0.39 is 0 Å². The maximum Gasteiger partial charge on any atom is 0.239 e. The Labute approximate surface area is 131 Å². The van der Waals surface area contributed by atoms with Crippen molar-refractivity contribution in [3.63, 3.8) is 0 Å². The molecule has 0 saturated heterocycles. The van der Waals surface area contributed by atoms with Crippen molar-refractivity contribution in [1.82, 2.24) is 10.6 Å². The second-order valence-corrected chi connectivity index (χ2v) is 6.43. The molecule has 0 atom stereocenters. The van der Waals surface area contributed by atoms with Crippen LogP contribution in [0.1, 0.15) is 32.3 Å². The van der Waals surface area contributed by atoms with Crippen LogP contribution in [0.3, 0.4) is 0 Å². The summed E-state index contributed by atoms with van der Waals surface area (Å²) in [6.07, 6.45) is 2.21. The zero-order valence-electron chi connectivity index (χ0n) is 12.9. The van der Waals surface area contributed by atoms with Gasteiger partial charge in [0.1, 0.15) is 0 Å². The molecule has 1 aromatic rings. The smallest absolute Gasteiger partial charge is 0.239 e. The van der Waals surface area contributed by atoms with Gasteiger partial charge in [-0.2, -0.15) is 0 Å². The van der Waals surface area contributed by atoms with E-state index in [0.717, 1.165) is 30.6 Å². The summed E-state index contributed by atoms with van der Waals surface area (Å²) >= 11 is 6.34. The van der Waals surface area contributed by atoms with E-state index in [1.54, 1.807) is 0 Å². The molecule has 21 heavy (non-hydrogen) atoms. The Bertz CT molecular complexity index is 500. The molecule has 0 unspecified atom stereocenters. The SMILES string of the molecule is CC(C)NCc1ccc(N(C)CC(=O)NC2CC2)c(Cl)c1. The van der Waals surface area contributed by atoms with Gasteiger partial charge in [-0.3, -0.25) is 4.79 Å². The van der Waals surface area contributed by atoms with Crippen molar-refractivity contribution in [2.75, 3.05) is 18.5 Å². The predicted octanol–water partition coefficient (Wildman–Crippen LogP) is 2.55. The predicted molar refractivity (Wildman–Crippen MR) is 87.9 cm³/mol. The fraction of sp³-hybridized carbons (Fsp3) is 0.562. The normalized spacial score (nSPS) is 14.3. The molecule has 0 bridgehead atoms. The summed E-state index contributed by atoms with van der Waals surface area (Å²) < 4.78 is 0. The molecule has 5 heteroatoms. The number of carbonyl (C=O) groups excluding carboxylic acids is 1. The molecule has 1 aliphatic carbocycles. The van der Waals surface area contributed by atoms with Crippen LogP contribution in [0.5, 0.6) is 0 Å². The Morgan fingerprint density at radius 2 is 2.14 bits per heavy atom. The van der Waals surface area contributed by atoms with Crippen LogP contribution in [-0.2, 0) is 11.3 Å². The second-order valence-electron chi connectivity index (χ2n) is 6.02. The standard InChI is InChI=1S/C16H24ClN3O/c1-11(2)18-9-12-4-7-15(14(17)8-12)20(3)10-16(21)19-13-5-6-13/h4,7-8,11,13,18H,5-6,9-10H2,1-3H3,(H,19,21). The van der Waals surface area contributed by atoms with Crippen LogP contribution in [0.25, 0.3) is 0 Å². The van der Waals surface area contributed by atoms with E-state index in [9.17, 15) is 4.79 Å². The first-order chi connectivity index (χ1) is 9.95. The van der Waals surface area contributed by atoms with Crippen LogP contribution in [0, 0.1) is 0 Å². The summed E-state index contributed by atoms with van der Waals surface area (Å²) in [5.74, 6) is 0.0571. The first-order valence-corrected chi connectivity index (χ1v) is 7.86. The minimum atomic E-state index is 0.0571. The zero-order valence-corrected chi connectivity index (χ0v) is 13.7. The van der Waals surface area contributed by atoms with E-state index in [1.165, 1.54) is 0 Å².